The summed E-state index contributed by atoms with van der Waals surface area (Å²) in [7, 11) is 0. The lowest BCUT2D eigenvalue weighted by Gasteiger charge is -2.14. The van der Waals surface area contributed by atoms with Crippen molar-refractivity contribution in [3.63, 3.8) is 0 Å². The summed E-state index contributed by atoms with van der Waals surface area (Å²) in [5, 5.41) is 9.89. The van der Waals surface area contributed by atoms with Crippen LogP contribution in [0.5, 0.6) is 0 Å². The predicted octanol–water partition coefficient (Wildman–Crippen LogP) is 1.09. The number of ether oxygens (including phenoxy) is 1. The largest absolute Gasteiger partial charge is 0.458 e. The van der Waals surface area contributed by atoms with Crippen molar-refractivity contribution in [3.05, 3.63) is 48.6 Å². The van der Waals surface area contributed by atoms with Crippen molar-refractivity contribution in [2.75, 3.05) is 6.61 Å². The highest BCUT2D eigenvalue weighted by Crippen LogP contribution is 2.26. The Hall–Kier alpha value is -1.94. The normalized spacial score (nSPS) is 25.3. The van der Waals surface area contributed by atoms with Gasteiger partial charge < -0.3 is 9.84 Å². The highest BCUT2D eigenvalue weighted by Gasteiger charge is 2.51. The zero-order valence-electron chi connectivity index (χ0n) is 9.55. The Kier molecular flexibility index (Phi) is 4.17. The van der Waals surface area contributed by atoms with E-state index in [1.165, 1.54) is 6.08 Å². The Morgan fingerprint density at radius 2 is 2.06 bits per heavy atom. The molecule has 0 amide bonds. The molecule has 0 aromatic rings. The standard InChI is InChI=1S/C13H14O4/c1-3-4-5-6-7-8-11(14)13(16)10(2)9-17-12(13)15/h3-8,16H,2,9H2,1H3/b4-3+,6-5+,8-7+/t13-/m1/s1. The van der Waals surface area contributed by atoms with Crippen molar-refractivity contribution in [2.45, 2.75) is 12.5 Å². The van der Waals surface area contributed by atoms with Gasteiger partial charge in [-0.15, -0.1) is 0 Å². The number of hydrogen-bond acceptors (Lipinski definition) is 4. The summed E-state index contributed by atoms with van der Waals surface area (Å²) in [6.07, 6.45) is 9.51. The zero-order chi connectivity index (χ0) is 12.9. The summed E-state index contributed by atoms with van der Waals surface area (Å²) in [4.78, 5) is 22.9. The summed E-state index contributed by atoms with van der Waals surface area (Å²) < 4.78 is 4.57. The number of carbonyl (C=O) groups excluding carboxylic acids is 2. The highest BCUT2D eigenvalue weighted by molar-refractivity contribution is 6.16. The van der Waals surface area contributed by atoms with E-state index >= 15 is 0 Å². The molecular formula is C13H14O4. The van der Waals surface area contributed by atoms with E-state index < -0.39 is 17.4 Å². The second-order valence-corrected chi connectivity index (χ2v) is 3.52. The van der Waals surface area contributed by atoms with Gasteiger partial charge in [0, 0.05) is 5.57 Å². The number of ketones is 1. The van der Waals surface area contributed by atoms with Crippen LogP contribution in [0.2, 0.25) is 0 Å². The van der Waals surface area contributed by atoms with Gasteiger partial charge in [-0.3, -0.25) is 4.79 Å². The molecule has 0 bridgehead atoms. The van der Waals surface area contributed by atoms with Crippen molar-refractivity contribution in [1.82, 2.24) is 0 Å². The molecule has 0 aromatic heterocycles. The summed E-state index contributed by atoms with van der Waals surface area (Å²) in [6.45, 7) is 5.20. The lowest BCUT2D eigenvalue weighted by molar-refractivity contribution is -0.156. The van der Waals surface area contributed by atoms with E-state index in [0.29, 0.717) is 0 Å². The lowest BCUT2D eigenvalue weighted by atomic mass is 9.92. The second kappa shape index (κ2) is 5.41. The minimum Gasteiger partial charge on any atom is -0.458 e. The van der Waals surface area contributed by atoms with Crippen LogP contribution >= 0.6 is 0 Å². The third-order valence-electron chi connectivity index (χ3n) is 2.31. The van der Waals surface area contributed by atoms with Crippen LogP contribution in [-0.2, 0) is 14.3 Å². The molecular weight excluding hydrogens is 220 g/mol. The number of allylic oxidation sites excluding steroid dienone is 5. The monoisotopic (exact) mass is 234 g/mol. The summed E-state index contributed by atoms with van der Waals surface area (Å²) >= 11 is 0. The number of aliphatic hydroxyl groups is 1. The van der Waals surface area contributed by atoms with Gasteiger partial charge in [0.05, 0.1) is 0 Å². The van der Waals surface area contributed by atoms with Gasteiger partial charge in [-0.05, 0) is 13.0 Å². The van der Waals surface area contributed by atoms with Gasteiger partial charge in [-0.25, -0.2) is 4.79 Å². The molecule has 0 unspecified atom stereocenters. The maximum absolute atomic E-state index is 11.7. The van der Waals surface area contributed by atoms with Crippen LogP contribution in [0.3, 0.4) is 0 Å². The van der Waals surface area contributed by atoms with Crippen molar-refractivity contribution in [1.29, 1.82) is 0 Å². The highest BCUT2D eigenvalue weighted by atomic mass is 16.6. The van der Waals surface area contributed by atoms with Crippen LogP contribution in [0.1, 0.15) is 6.92 Å². The van der Waals surface area contributed by atoms with E-state index in [1.54, 1.807) is 18.2 Å². The number of cyclic esters (lactones) is 1. The van der Waals surface area contributed by atoms with Crippen molar-refractivity contribution < 1.29 is 19.4 Å². The SMILES string of the molecule is C=C1COC(=O)[C@]1(O)C(=O)/C=C/C=C/C=C/C. The molecule has 0 aromatic carbocycles. The first-order valence-electron chi connectivity index (χ1n) is 5.11. The Morgan fingerprint density at radius 3 is 2.59 bits per heavy atom. The van der Waals surface area contributed by atoms with Gasteiger partial charge in [-0.2, -0.15) is 0 Å². The van der Waals surface area contributed by atoms with Crippen LogP contribution in [-0.4, -0.2) is 29.1 Å². The van der Waals surface area contributed by atoms with Gasteiger partial charge in [0.1, 0.15) is 6.61 Å². The second-order valence-electron chi connectivity index (χ2n) is 3.52. The Bertz CT molecular complexity index is 411. The first-order valence-corrected chi connectivity index (χ1v) is 5.11. The molecule has 1 saturated heterocycles. The topological polar surface area (TPSA) is 63.6 Å². The molecule has 0 radical (unpaired) electrons. The van der Waals surface area contributed by atoms with Gasteiger partial charge in [0.2, 0.25) is 11.4 Å². The number of esters is 1. The predicted molar refractivity (Wildman–Crippen MR) is 63.1 cm³/mol. The minimum atomic E-state index is -2.22. The first-order chi connectivity index (χ1) is 8.03. The summed E-state index contributed by atoms with van der Waals surface area (Å²) in [6, 6.07) is 0. The third kappa shape index (κ3) is 2.60. The summed E-state index contributed by atoms with van der Waals surface area (Å²) in [5.41, 5.74) is -2.15. The van der Waals surface area contributed by atoms with Crippen molar-refractivity contribution in [2.24, 2.45) is 0 Å². The molecule has 1 N–H and O–H groups in total. The lowest BCUT2D eigenvalue weighted by Crippen LogP contribution is -2.43. The Morgan fingerprint density at radius 1 is 1.41 bits per heavy atom. The van der Waals surface area contributed by atoms with Crippen molar-refractivity contribution >= 4 is 11.8 Å². The molecule has 0 aliphatic carbocycles. The molecule has 0 saturated carbocycles. The molecule has 17 heavy (non-hydrogen) atoms. The number of hydrogen-bond donors (Lipinski definition) is 1. The molecule has 90 valence electrons. The van der Waals surface area contributed by atoms with Gasteiger partial charge in [0.15, 0.2) is 0 Å². The van der Waals surface area contributed by atoms with Crippen molar-refractivity contribution in [3.8, 4) is 0 Å². The van der Waals surface area contributed by atoms with E-state index in [2.05, 4.69) is 11.3 Å². The van der Waals surface area contributed by atoms with Gasteiger partial charge in [-0.1, -0.05) is 37.0 Å². The zero-order valence-corrected chi connectivity index (χ0v) is 9.55. The molecule has 0 spiro atoms. The average Bonchev–Trinajstić information content (AvgIpc) is 2.57. The smallest absolute Gasteiger partial charge is 0.351 e. The van der Waals surface area contributed by atoms with Gasteiger partial charge >= 0.3 is 5.97 Å². The molecule has 1 atom stereocenters. The fraction of sp³-hybridized carbons (Fsp3) is 0.231. The molecule has 1 rings (SSSR count). The maximum Gasteiger partial charge on any atom is 0.351 e. The molecule has 1 aliphatic rings. The minimum absolute atomic E-state index is 0.0644. The Labute approximate surface area is 99.6 Å². The Balaban J connectivity index is 2.76. The number of rotatable bonds is 4. The first kappa shape index (κ1) is 13.1. The van der Waals surface area contributed by atoms with Crippen LogP contribution in [0.4, 0.5) is 0 Å². The van der Waals surface area contributed by atoms with Crippen LogP contribution in [0.25, 0.3) is 0 Å². The maximum atomic E-state index is 11.7. The molecule has 4 heteroatoms. The number of carbonyl (C=O) groups is 2. The molecule has 1 aliphatic heterocycles. The molecule has 1 heterocycles. The quantitative estimate of drug-likeness (QED) is 0.260. The van der Waals surface area contributed by atoms with Crippen LogP contribution in [0.15, 0.2) is 48.6 Å². The van der Waals surface area contributed by atoms with E-state index in [9.17, 15) is 14.7 Å². The van der Waals surface area contributed by atoms with Crippen LogP contribution in [0, 0.1) is 0 Å². The average molecular weight is 234 g/mol. The fourth-order valence-corrected chi connectivity index (χ4v) is 1.28. The molecule has 4 nitrogen and oxygen atoms in total. The molecule has 1 fully saturated rings. The third-order valence-corrected chi connectivity index (χ3v) is 2.31. The van der Waals surface area contributed by atoms with E-state index in [4.69, 9.17) is 0 Å². The van der Waals surface area contributed by atoms with Crippen LogP contribution < -0.4 is 0 Å². The fourth-order valence-electron chi connectivity index (χ4n) is 1.28. The van der Waals surface area contributed by atoms with E-state index in [-0.39, 0.29) is 12.2 Å². The van der Waals surface area contributed by atoms with Gasteiger partial charge in [0.25, 0.3) is 0 Å². The van der Waals surface area contributed by atoms with E-state index in [1.807, 2.05) is 13.0 Å². The van der Waals surface area contributed by atoms with E-state index in [0.717, 1.165) is 6.08 Å². The summed E-state index contributed by atoms with van der Waals surface area (Å²) in [5.74, 6) is -1.70.